The Morgan fingerprint density at radius 3 is 2.38 bits per heavy atom. The molecule has 0 aliphatic heterocycles. The maximum absolute atomic E-state index is 12.2. The Morgan fingerprint density at radius 1 is 1.44 bits per heavy atom. The quantitative estimate of drug-likeness (QED) is 0.809. The highest BCUT2D eigenvalue weighted by Crippen LogP contribution is 2.45. The normalized spacial score (nSPS) is 31.2. The van der Waals surface area contributed by atoms with Crippen LogP contribution in [0.2, 0.25) is 0 Å². The van der Waals surface area contributed by atoms with Gasteiger partial charge in [0.15, 0.2) is 0 Å². The van der Waals surface area contributed by atoms with Crippen LogP contribution in [0.1, 0.15) is 26.2 Å². The maximum Gasteiger partial charge on any atom is 0.242 e. The first-order valence-corrected chi connectivity index (χ1v) is 6.59. The molecular formula is C9H13F2NO3S. The number of alkyl halides is 2. The number of carbonyl (C=O) groups is 1. The van der Waals surface area contributed by atoms with Crippen molar-refractivity contribution in [1.82, 2.24) is 4.72 Å². The summed E-state index contributed by atoms with van der Waals surface area (Å²) in [6.07, 6.45) is -1.44. The van der Waals surface area contributed by atoms with E-state index in [0.29, 0.717) is 12.8 Å². The van der Waals surface area contributed by atoms with Crippen molar-refractivity contribution < 1.29 is 22.0 Å². The van der Waals surface area contributed by atoms with Crippen LogP contribution in [0.15, 0.2) is 0 Å². The van der Waals surface area contributed by atoms with E-state index >= 15 is 0 Å². The molecule has 0 saturated heterocycles. The van der Waals surface area contributed by atoms with Gasteiger partial charge < -0.3 is 0 Å². The van der Waals surface area contributed by atoms with Crippen LogP contribution in [0.25, 0.3) is 0 Å². The Labute approximate surface area is 92.5 Å². The topological polar surface area (TPSA) is 63.2 Å². The summed E-state index contributed by atoms with van der Waals surface area (Å²) in [5.74, 6) is -2.59. The van der Waals surface area contributed by atoms with E-state index in [1.165, 1.54) is 0 Å². The fraction of sp³-hybridized carbons (Fsp3) is 0.889. The maximum atomic E-state index is 12.2. The van der Waals surface area contributed by atoms with Crippen molar-refractivity contribution in [2.24, 2.45) is 11.8 Å². The minimum Gasteiger partial charge on any atom is -0.274 e. The largest absolute Gasteiger partial charge is 0.274 e. The molecule has 1 amide bonds. The van der Waals surface area contributed by atoms with Gasteiger partial charge in [0.1, 0.15) is 0 Å². The molecule has 0 heterocycles. The van der Waals surface area contributed by atoms with Gasteiger partial charge in [-0.2, -0.15) is 0 Å². The molecule has 2 aliphatic rings. The molecule has 0 aromatic heterocycles. The van der Waals surface area contributed by atoms with Crippen molar-refractivity contribution in [2.75, 3.05) is 0 Å². The lowest BCUT2D eigenvalue weighted by Gasteiger charge is -2.11. The minimum atomic E-state index is -3.68. The molecule has 16 heavy (non-hydrogen) atoms. The summed E-state index contributed by atoms with van der Waals surface area (Å²) < 4.78 is 48.6. The summed E-state index contributed by atoms with van der Waals surface area (Å²) in [6.45, 7) is 1.54. The second-order valence-corrected chi connectivity index (χ2v) is 6.96. The summed E-state index contributed by atoms with van der Waals surface area (Å²) in [6, 6.07) is 0. The first-order chi connectivity index (χ1) is 7.27. The summed E-state index contributed by atoms with van der Waals surface area (Å²) in [4.78, 5) is 11.4. The van der Waals surface area contributed by atoms with E-state index in [9.17, 15) is 22.0 Å². The fourth-order valence-electron chi connectivity index (χ4n) is 1.57. The van der Waals surface area contributed by atoms with Gasteiger partial charge in [-0.25, -0.2) is 17.2 Å². The first-order valence-electron chi connectivity index (χ1n) is 5.11. The zero-order chi connectivity index (χ0) is 12.1. The van der Waals surface area contributed by atoms with Crippen LogP contribution in [0.3, 0.4) is 0 Å². The van der Waals surface area contributed by atoms with Gasteiger partial charge in [-0.1, -0.05) is 0 Å². The summed E-state index contributed by atoms with van der Waals surface area (Å²) in [5.41, 5.74) is 0. The van der Waals surface area contributed by atoms with E-state index in [1.54, 1.807) is 6.92 Å². The van der Waals surface area contributed by atoms with Crippen molar-refractivity contribution in [3.8, 4) is 0 Å². The van der Waals surface area contributed by atoms with Gasteiger partial charge in [-0.3, -0.25) is 9.52 Å². The van der Waals surface area contributed by atoms with Gasteiger partial charge in [0.25, 0.3) is 0 Å². The van der Waals surface area contributed by atoms with Crippen LogP contribution < -0.4 is 4.72 Å². The fourth-order valence-corrected chi connectivity index (χ4v) is 2.87. The average Bonchev–Trinajstić information content (AvgIpc) is 2.93. The molecule has 0 aromatic carbocycles. The predicted octanol–water partition coefficient (Wildman–Crippen LogP) is 0.886. The second-order valence-electron chi connectivity index (χ2n) is 4.76. The standard InChI is InChI=1S/C9H13F2NO3S/c1-9(2-3-9)16(14,15)12-8(13)6-4-5(6)7(10)11/h5-7H,2-4H2,1H3,(H,12,13)/t5-,6?/m1/s1. The number of hydrogen-bond acceptors (Lipinski definition) is 3. The molecule has 0 spiro atoms. The van der Waals surface area contributed by atoms with Gasteiger partial charge in [-0.05, 0) is 26.2 Å². The third-order valence-electron chi connectivity index (χ3n) is 3.34. The molecule has 0 aromatic rings. The molecule has 4 nitrogen and oxygen atoms in total. The van der Waals surface area contributed by atoms with Crippen molar-refractivity contribution in [2.45, 2.75) is 37.4 Å². The molecule has 2 saturated carbocycles. The molecule has 1 N–H and O–H groups in total. The molecule has 2 fully saturated rings. The lowest BCUT2D eigenvalue weighted by molar-refractivity contribution is -0.121. The minimum absolute atomic E-state index is 0.0791. The van der Waals surface area contributed by atoms with E-state index in [2.05, 4.69) is 0 Å². The summed E-state index contributed by atoms with van der Waals surface area (Å²) in [5, 5.41) is 0. The molecule has 0 radical (unpaired) electrons. The van der Waals surface area contributed by atoms with Crippen molar-refractivity contribution in [3.05, 3.63) is 0 Å². The number of hydrogen-bond donors (Lipinski definition) is 1. The number of carbonyl (C=O) groups excluding carboxylic acids is 1. The van der Waals surface area contributed by atoms with Crippen LogP contribution in [0.5, 0.6) is 0 Å². The van der Waals surface area contributed by atoms with E-state index in [0.717, 1.165) is 0 Å². The zero-order valence-corrected chi connectivity index (χ0v) is 9.56. The number of halogens is 2. The molecule has 0 bridgehead atoms. The van der Waals surface area contributed by atoms with E-state index < -0.39 is 38.9 Å². The van der Waals surface area contributed by atoms with Crippen LogP contribution in [0.4, 0.5) is 8.78 Å². The van der Waals surface area contributed by atoms with Crippen molar-refractivity contribution >= 4 is 15.9 Å². The number of rotatable bonds is 4. The number of nitrogens with one attached hydrogen (secondary N) is 1. The second kappa shape index (κ2) is 3.38. The third kappa shape index (κ3) is 1.92. The molecule has 1 unspecified atom stereocenters. The molecule has 2 atom stereocenters. The number of sulfonamides is 1. The van der Waals surface area contributed by atoms with Gasteiger partial charge in [0, 0.05) is 11.8 Å². The predicted molar refractivity (Wildman–Crippen MR) is 52.3 cm³/mol. The van der Waals surface area contributed by atoms with E-state index in [-0.39, 0.29) is 6.42 Å². The van der Waals surface area contributed by atoms with Gasteiger partial charge in [-0.15, -0.1) is 0 Å². The summed E-state index contributed by atoms with van der Waals surface area (Å²) >= 11 is 0. The molecule has 2 aliphatic carbocycles. The van der Waals surface area contributed by atoms with Gasteiger partial charge in [0.05, 0.1) is 4.75 Å². The van der Waals surface area contributed by atoms with Crippen LogP contribution in [-0.2, 0) is 14.8 Å². The van der Waals surface area contributed by atoms with Crippen molar-refractivity contribution in [1.29, 1.82) is 0 Å². The molecular weight excluding hydrogens is 240 g/mol. The lowest BCUT2D eigenvalue weighted by Crippen LogP contribution is -2.39. The van der Waals surface area contributed by atoms with E-state index in [1.807, 2.05) is 4.72 Å². The number of amides is 1. The zero-order valence-electron chi connectivity index (χ0n) is 8.74. The molecule has 92 valence electrons. The van der Waals surface area contributed by atoms with Crippen LogP contribution >= 0.6 is 0 Å². The monoisotopic (exact) mass is 253 g/mol. The highest BCUT2D eigenvalue weighted by Gasteiger charge is 2.54. The summed E-state index contributed by atoms with van der Waals surface area (Å²) in [7, 11) is -3.68. The average molecular weight is 253 g/mol. The Bertz CT molecular complexity index is 416. The van der Waals surface area contributed by atoms with E-state index in [4.69, 9.17) is 0 Å². The molecule has 7 heteroatoms. The molecule has 2 rings (SSSR count). The van der Waals surface area contributed by atoms with Crippen LogP contribution in [-0.4, -0.2) is 25.5 Å². The Kier molecular flexibility index (Phi) is 2.49. The Morgan fingerprint density at radius 2 is 2.00 bits per heavy atom. The smallest absolute Gasteiger partial charge is 0.242 e. The highest BCUT2D eigenvalue weighted by atomic mass is 32.2. The van der Waals surface area contributed by atoms with Crippen molar-refractivity contribution in [3.63, 3.8) is 0 Å². The highest BCUT2D eigenvalue weighted by molar-refractivity contribution is 7.91. The van der Waals surface area contributed by atoms with Gasteiger partial charge in [0.2, 0.25) is 22.4 Å². The Balaban J connectivity index is 1.94. The third-order valence-corrected chi connectivity index (χ3v) is 5.51. The lowest BCUT2D eigenvalue weighted by atomic mass is 10.3. The Hall–Kier alpha value is -0.720. The van der Waals surface area contributed by atoms with Gasteiger partial charge >= 0.3 is 0 Å². The SMILES string of the molecule is CC1(S(=O)(=O)NC(=O)C2C[C@H]2C(F)F)CC1. The van der Waals surface area contributed by atoms with Crippen LogP contribution in [0, 0.1) is 11.8 Å². The first kappa shape index (κ1) is 11.8.